The minimum Gasteiger partial charge on any atom is -0.358 e. The van der Waals surface area contributed by atoms with Crippen LogP contribution in [0.2, 0.25) is 0 Å². The molecule has 1 fully saturated rings. The molecule has 1 saturated carbocycles. The van der Waals surface area contributed by atoms with Crippen molar-refractivity contribution in [2.75, 3.05) is 18.5 Å². The third-order valence-corrected chi connectivity index (χ3v) is 3.57. The van der Waals surface area contributed by atoms with Crippen molar-refractivity contribution < 1.29 is 9.59 Å². The Hall–Kier alpha value is -2.37. The molecule has 0 unspecified atom stereocenters. The van der Waals surface area contributed by atoms with E-state index in [1.165, 1.54) is 23.3 Å². The van der Waals surface area contributed by atoms with Crippen molar-refractivity contribution in [1.82, 2.24) is 14.7 Å². The highest BCUT2D eigenvalue weighted by molar-refractivity contribution is 5.92. The smallest absolute Gasteiger partial charge is 0.239 e. The molecule has 2 aromatic rings. The second-order valence-electron chi connectivity index (χ2n) is 5.00. The molecule has 2 heterocycles. The Morgan fingerprint density at radius 2 is 2.40 bits per heavy atom. The Bertz CT molecular complexity index is 660. The number of anilines is 1. The minimum absolute atomic E-state index is 0.00333. The van der Waals surface area contributed by atoms with Gasteiger partial charge in [0.2, 0.25) is 12.3 Å². The summed E-state index contributed by atoms with van der Waals surface area (Å²) >= 11 is 0. The lowest BCUT2D eigenvalue weighted by atomic mass is 10.1. The maximum atomic E-state index is 11.5. The van der Waals surface area contributed by atoms with Gasteiger partial charge < -0.3 is 14.6 Å². The molecule has 0 saturated heterocycles. The van der Waals surface area contributed by atoms with E-state index < -0.39 is 0 Å². The van der Waals surface area contributed by atoms with Gasteiger partial charge in [0.25, 0.3) is 0 Å². The summed E-state index contributed by atoms with van der Waals surface area (Å²) in [6.07, 6.45) is 8.63. The van der Waals surface area contributed by atoms with Crippen LogP contribution in [0.5, 0.6) is 0 Å². The van der Waals surface area contributed by atoms with Crippen LogP contribution in [0.25, 0.3) is 5.65 Å². The fourth-order valence-corrected chi connectivity index (χ4v) is 2.30. The van der Waals surface area contributed by atoms with Crippen LogP contribution in [0, 0.1) is 0 Å². The van der Waals surface area contributed by atoms with E-state index in [9.17, 15) is 9.59 Å². The number of nitrogens with one attached hydrogen (secondary N) is 1. The number of amides is 2. The van der Waals surface area contributed by atoms with Crippen LogP contribution in [-0.4, -0.2) is 35.3 Å². The summed E-state index contributed by atoms with van der Waals surface area (Å²) in [6.45, 7) is -0.00333. The van der Waals surface area contributed by atoms with Crippen LogP contribution < -0.4 is 10.2 Å². The third-order valence-electron chi connectivity index (χ3n) is 3.57. The molecule has 0 bridgehead atoms. The molecule has 0 aromatic carbocycles. The molecule has 0 radical (unpaired) electrons. The van der Waals surface area contributed by atoms with E-state index in [0.717, 1.165) is 0 Å². The van der Waals surface area contributed by atoms with Crippen molar-refractivity contribution in [3.05, 3.63) is 30.2 Å². The molecule has 1 N–H and O–H groups in total. The van der Waals surface area contributed by atoms with Gasteiger partial charge in [-0.3, -0.25) is 9.59 Å². The number of fused-ring (bicyclic) bond motifs is 1. The Labute approximate surface area is 116 Å². The Balaban J connectivity index is 2.04. The molecule has 0 atom stereocenters. The number of rotatable bonds is 5. The number of aromatic nitrogens is 2. The zero-order chi connectivity index (χ0) is 14.1. The fourth-order valence-electron chi connectivity index (χ4n) is 2.30. The maximum Gasteiger partial charge on any atom is 0.239 e. The van der Waals surface area contributed by atoms with Crippen LogP contribution in [-0.2, 0) is 9.59 Å². The monoisotopic (exact) mass is 272 g/mol. The average molecular weight is 272 g/mol. The van der Waals surface area contributed by atoms with E-state index in [4.69, 9.17) is 0 Å². The first-order valence-corrected chi connectivity index (χ1v) is 6.62. The minimum atomic E-state index is -0.210. The van der Waals surface area contributed by atoms with Crippen LogP contribution >= 0.6 is 0 Å². The topological polar surface area (TPSA) is 66.7 Å². The van der Waals surface area contributed by atoms with Crippen molar-refractivity contribution >= 4 is 23.7 Å². The summed E-state index contributed by atoms with van der Waals surface area (Å²) in [5.74, 6) is 0.354. The highest BCUT2D eigenvalue weighted by Crippen LogP contribution is 2.41. The van der Waals surface area contributed by atoms with E-state index in [1.54, 1.807) is 13.2 Å². The molecule has 0 spiro atoms. The van der Waals surface area contributed by atoms with Crippen molar-refractivity contribution in [3.8, 4) is 0 Å². The average Bonchev–Trinajstić information content (AvgIpc) is 3.21. The lowest BCUT2D eigenvalue weighted by molar-refractivity contribution is -0.120. The second-order valence-corrected chi connectivity index (χ2v) is 5.00. The van der Waals surface area contributed by atoms with Gasteiger partial charge in [0.05, 0.1) is 5.69 Å². The van der Waals surface area contributed by atoms with Crippen LogP contribution in [0.3, 0.4) is 0 Å². The summed E-state index contributed by atoms with van der Waals surface area (Å²) in [7, 11) is 1.55. The first kappa shape index (κ1) is 12.7. The molecule has 6 heteroatoms. The lowest BCUT2D eigenvalue weighted by Gasteiger charge is -2.18. The number of pyridine rings is 1. The number of hydrogen-bond donors (Lipinski definition) is 1. The molecular weight excluding hydrogens is 256 g/mol. The molecule has 20 heavy (non-hydrogen) atoms. The molecule has 6 nitrogen and oxygen atoms in total. The van der Waals surface area contributed by atoms with E-state index >= 15 is 0 Å². The molecule has 1 aliphatic rings. The molecular formula is C14H16N4O2. The third kappa shape index (κ3) is 2.24. The number of carbonyl (C=O) groups is 2. The van der Waals surface area contributed by atoms with Crippen LogP contribution in [0.15, 0.2) is 24.7 Å². The summed E-state index contributed by atoms with van der Waals surface area (Å²) in [4.78, 5) is 28.5. The first-order chi connectivity index (χ1) is 9.72. The molecule has 1 aliphatic carbocycles. The second kappa shape index (κ2) is 4.96. The van der Waals surface area contributed by atoms with Gasteiger partial charge in [0, 0.05) is 25.6 Å². The van der Waals surface area contributed by atoms with Gasteiger partial charge in [0.1, 0.15) is 6.54 Å². The molecule has 104 valence electrons. The van der Waals surface area contributed by atoms with Gasteiger partial charge >= 0.3 is 0 Å². The largest absolute Gasteiger partial charge is 0.358 e. The van der Waals surface area contributed by atoms with E-state index in [1.807, 2.05) is 22.9 Å². The van der Waals surface area contributed by atoms with Gasteiger partial charge in [-0.25, -0.2) is 4.98 Å². The van der Waals surface area contributed by atoms with Gasteiger partial charge in [-0.1, -0.05) is 0 Å². The number of carbonyl (C=O) groups excluding carboxylic acids is 2. The normalized spacial score (nSPS) is 14.2. The number of nitrogens with zero attached hydrogens (tertiary/aromatic N) is 3. The van der Waals surface area contributed by atoms with Crippen molar-refractivity contribution in [3.63, 3.8) is 0 Å². The fraction of sp³-hybridized carbons (Fsp3) is 0.357. The van der Waals surface area contributed by atoms with Gasteiger partial charge in [-0.2, -0.15) is 0 Å². The van der Waals surface area contributed by atoms with Crippen molar-refractivity contribution in [2.24, 2.45) is 0 Å². The zero-order valence-corrected chi connectivity index (χ0v) is 11.2. The van der Waals surface area contributed by atoms with Gasteiger partial charge in [-0.15, -0.1) is 0 Å². The van der Waals surface area contributed by atoms with Crippen molar-refractivity contribution in [2.45, 2.75) is 18.8 Å². The van der Waals surface area contributed by atoms with E-state index in [-0.39, 0.29) is 12.5 Å². The van der Waals surface area contributed by atoms with Gasteiger partial charge in [-0.05, 0) is 30.4 Å². The predicted octanol–water partition coefficient (Wildman–Crippen LogP) is 0.920. The quantitative estimate of drug-likeness (QED) is 0.823. The highest BCUT2D eigenvalue weighted by Gasteiger charge is 2.26. The van der Waals surface area contributed by atoms with E-state index in [0.29, 0.717) is 23.7 Å². The standard InChI is InChI=1S/C14H16N4O2/c1-15-13(20)8-18(9-19)12-6-11(10-2-3-10)7-17-5-4-16-14(12)17/h4-7,9-10H,2-3,8H2,1H3,(H,15,20). The molecule has 2 aromatic heterocycles. The highest BCUT2D eigenvalue weighted by atomic mass is 16.2. The SMILES string of the molecule is CNC(=O)CN(C=O)c1cc(C2CC2)cn2ccnc12. The Morgan fingerprint density at radius 1 is 1.60 bits per heavy atom. The number of imidazole rings is 1. The van der Waals surface area contributed by atoms with Crippen molar-refractivity contribution in [1.29, 1.82) is 0 Å². The maximum absolute atomic E-state index is 11.5. The molecule has 0 aliphatic heterocycles. The Morgan fingerprint density at radius 3 is 3.05 bits per heavy atom. The predicted molar refractivity (Wildman–Crippen MR) is 74.6 cm³/mol. The van der Waals surface area contributed by atoms with Gasteiger partial charge in [0.15, 0.2) is 5.65 Å². The molecule has 3 rings (SSSR count). The summed E-state index contributed by atoms with van der Waals surface area (Å²) in [6, 6.07) is 1.97. The van der Waals surface area contributed by atoms with E-state index in [2.05, 4.69) is 10.3 Å². The first-order valence-electron chi connectivity index (χ1n) is 6.62. The molecule has 2 amide bonds. The van der Waals surface area contributed by atoms with Crippen LogP contribution in [0.4, 0.5) is 5.69 Å². The Kier molecular flexibility index (Phi) is 3.14. The zero-order valence-electron chi connectivity index (χ0n) is 11.2. The van der Waals surface area contributed by atoms with Crippen LogP contribution in [0.1, 0.15) is 24.3 Å². The number of hydrogen-bond acceptors (Lipinski definition) is 3. The number of likely N-dealkylation sites (N-methyl/N-ethyl adjacent to an activating group) is 1. The summed E-state index contributed by atoms with van der Waals surface area (Å²) < 4.78 is 1.91. The lowest BCUT2D eigenvalue weighted by Crippen LogP contribution is -2.35. The summed E-state index contributed by atoms with van der Waals surface area (Å²) in [5.41, 5.74) is 2.55. The summed E-state index contributed by atoms with van der Waals surface area (Å²) in [5, 5.41) is 2.52.